The smallest absolute Gasteiger partial charge is 0.149 e. The molecule has 5 nitrogen and oxygen atoms in total. The van der Waals surface area contributed by atoms with Gasteiger partial charge in [0, 0.05) is 23.4 Å². The molecule has 0 radical (unpaired) electrons. The van der Waals surface area contributed by atoms with Crippen molar-refractivity contribution in [1.29, 1.82) is 0 Å². The Hall–Kier alpha value is -2.30. The summed E-state index contributed by atoms with van der Waals surface area (Å²) < 4.78 is 0. The largest absolute Gasteiger partial charge is 0.396 e. The lowest BCUT2D eigenvalue weighted by molar-refractivity contribution is 1.03. The quantitative estimate of drug-likeness (QED) is 0.716. The van der Waals surface area contributed by atoms with E-state index in [9.17, 15) is 0 Å². The molecule has 5 heteroatoms. The highest BCUT2D eigenvalue weighted by molar-refractivity contribution is 5.64. The number of nitrogens with zero attached hydrogens (tertiary/aromatic N) is 2. The molecule has 0 saturated carbocycles. The fourth-order valence-electron chi connectivity index (χ4n) is 1.64. The van der Waals surface area contributed by atoms with Gasteiger partial charge in [-0.25, -0.2) is 4.98 Å². The average molecular weight is 229 g/mol. The van der Waals surface area contributed by atoms with Crippen molar-refractivity contribution in [3.8, 4) is 0 Å². The van der Waals surface area contributed by atoms with Gasteiger partial charge in [-0.05, 0) is 25.1 Å². The molecule has 0 fully saturated rings. The van der Waals surface area contributed by atoms with Crippen LogP contribution in [0, 0.1) is 6.92 Å². The predicted molar refractivity (Wildman–Crippen MR) is 69.3 cm³/mol. The summed E-state index contributed by atoms with van der Waals surface area (Å²) in [5.74, 6) is 0.670. The second kappa shape index (κ2) is 4.29. The molecule has 0 bridgehead atoms. The Morgan fingerprint density at radius 1 is 1.06 bits per heavy atom. The highest BCUT2D eigenvalue weighted by Gasteiger charge is 2.07. The van der Waals surface area contributed by atoms with Gasteiger partial charge in [0.05, 0.1) is 5.69 Å². The van der Waals surface area contributed by atoms with Crippen LogP contribution >= 0.6 is 0 Å². The van der Waals surface area contributed by atoms with Gasteiger partial charge in [0.2, 0.25) is 0 Å². The van der Waals surface area contributed by atoms with Gasteiger partial charge in [-0.3, -0.25) is 4.98 Å². The Bertz CT molecular complexity index is 551. The molecule has 88 valence electrons. The van der Waals surface area contributed by atoms with E-state index in [-0.39, 0.29) is 5.82 Å². The zero-order chi connectivity index (χ0) is 12.4. The van der Waals surface area contributed by atoms with Crippen LogP contribution in [-0.2, 0) is 6.42 Å². The molecule has 6 N–H and O–H groups in total. The van der Waals surface area contributed by atoms with E-state index in [1.54, 1.807) is 6.07 Å². The van der Waals surface area contributed by atoms with Crippen molar-refractivity contribution in [3.63, 3.8) is 0 Å². The first kappa shape index (κ1) is 11.2. The van der Waals surface area contributed by atoms with Crippen LogP contribution in [0.1, 0.15) is 17.0 Å². The van der Waals surface area contributed by atoms with Crippen LogP contribution in [0.4, 0.5) is 17.3 Å². The monoisotopic (exact) mass is 229 g/mol. The first-order chi connectivity index (χ1) is 8.06. The molecule has 0 unspecified atom stereocenters. The van der Waals surface area contributed by atoms with E-state index in [2.05, 4.69) is 9.97 Å². The first-order valence-corrected chi connectivity index (χ1v) is 5.29. The normalized spacial score (nSPS) is 10.4. The van der Waals surface area contributed by atoms with Crippen LogP contribution in [0.5, 0.6) is 0 Å². The number of anilines is 3. The van der Waals surface area contributed by atoms with Crippen molar-refractivity contribution in [2.75, 3.05) is 17.2 Å². The predicted octanol–water partition coefficient (Wildman–Crippen LogP) is 1.12. The summed E-state index contributed by atoms with van der Waals surface area (Å²) in [6.07, 6.45) is 0.602. The molecule has 2 heterocycles. The maximum absolute atomic E-state index is 5.80. The highest BCUT2D eigenvalue weighted by atomic mass is 14.9. The third-order valence-electron chi connectivity index (χ3n) is 2.51. The van der Waals surface area contributed by atoms with Crippen molar-refractivity contribution in [1.82, 2.24) is 9.97 Å². The van der Waals surface area contributed by atoms with Crippen LogP contribution in [0.15, 0.2) is 24.3 Å². The molecule has 0 aliphatic heterocycles. The van der Waals surface area contributed by atoms with E-state index >= 15 is 0 Å². The van der Waals surface area contributed by atoms with Crippen LogP contribution in [0.25, 0.3) is 0 Å². The van der Waals surface area contributed by atoms with Crippen molar-refractivity contribution >= 4 is 17.3 Å². The lowest BCUT2D eigenvalue weighted by atomic mass is 10.1. The lowest BCUT2D eigenvalue weighted by Crippen LogP contribution is -2.06. The molecule has 0 saturated heterocycles. The number of hydrogen-bond acceptors (Lipinski definition) is 5. The second-order valence-corrected chi connectivity index (χ2v) is 3.95. The maximum atomic E-state index is 5.80. The van der Waals surface area contributed by atoms with Crippen LogP contribution in [0.2, 0.25) is 0 Å². The fraction of sp³-hybridized carbons (Fsp3) is 0.167. The molecular weight excluding hydrogens is 214 g/mol. The molecule has 2 aromatic rings. The summed E-state index contributed by atoms with van der Waals surface area (Å²) in [5, 5.41) is 0. The van der Waals surface area contributed by atoms with Gasteiger partial charge < -0.3 is 17.2 Å². The molecular formula is C12H15N5. The topological polar surface area (TPSA) is 104 Å². The Labute approximate surface area is 99.7 Å². The Kier molecular flexibility index (Phi) is 2.82. The number of nitrogen functional groups attached to an aromatic ring is 3. The number of rotatable bonds is 2. The van der Waals surface area contributed by atoms with E-state index in [1.165, 1.54) is 0 Å². The number of pyridine rings is 2. The molecule has 0 aliphatic carbocycles. The van der Waals surface area contributed by atoms with Crippen LogP contribution in [-0.4, -0.2) is 9.97 Å². The molecule has 0 atom stereocenters. The lowest BCUT2D eigenvalue weighted by Gasteiger charge is -2.08. The van der Waals surface area contributed by atoms with Crippen molar-refractivity contribution in [2.24, 2.45) is 0 Å². The van der Waals surface area contributed by atoms with Crippen LogP contribution in [0.3, 0.4) is 0 Å². The minimum absolute atomic E-state index is 0.267. The number of nitrogens with two attached hydrogens (primary N) is 3. The fourth-order valence-corrected chi connectivity index (χ4v) is 1.64. The maximum Gasteiger partial charge on any atom is 0.149 e. The van der Waals surface area contributed by atoms with Crippen molar-refractivity contribution in [2.45, 2.75) is 13.3 Å². The van der Waals surface area contributed by atoms with Gasteiger partial charge in [-0.1, -0.05) is 6.07 Å². The zero-order valence-corrected chi connectivity index (χ0v) is 9.64. The third kappa shape index (κ3) is 2.44. The Morgan fingerprint density at radius 3 is 2.53 bits per heavy atom. The number of hydrogen-bond donors (Lipinski definition) is 3. The summed E-state index contributed by atoms with van der Waals surface area (Å²) in [7, 11) is 0. The summed E-state index contributed by atoms with van der Waals surface area (Å²) in [4.78, 5) is 8.40. The van der Waals surface area contributed by atoms with Crippen LogP contribution < -0.4 is 17.2 Å². The molecule has 0 spiro atoms. The van der Waals surface area contributed by atoms with E-state index in [0.29, 0.717) is 17.9 Å². The number of aromatic nitrogens is 2. The number of aryl methyl sites for hydroxylation is 1. The Balaban J connectivity index is 2.33. The molecule has 0 aromatic carbocycles. The third-order valence-corrected chi connectivity index (χ3v) is 2.51. The molecule has 2 aromatic heterocycles. The zero-order valence-electron chi connectivity index (χ0n) is 9.64. The minimum Gasteiger partial charge on any atom is -0.396 e. The summed E-state index contributed by atoms with van der Waals surface area (Å²) in [6.45, 7) is 1.95. The van der Waals surface area contributed by atoms with Crippen molar-refractivity contribution in [3.05, 3.63) is 41.2 Å². The minimum atomic E-state index is 0.267. The van der Waals surface area contributed by atoms with E-state index < -0.39 is 0 Å². The van der Waals surface area contributed by atoms with E-state index in [1.807, 2.05) is 25.1 Å². The van der Waals surface area contributed by atoms with Gasteiger partial charge in [-0.2, -0.15) is 0 Å². The molecule has 0 amide bonds. The van der Waals surface area contributed by atoms with Crippen molar-refractivity contribution < 1.29 is 0 Å². The summed E-state index contributed by atoms with van der Waals surface area (Å²) in [5.41, 5.74) is 20.3. The standard InChI is InChI=1S/C12H15N5/c1-7-3-2-4-9(16-7)5-8-6-10(13)12(15)17-11(8)14/h2-4,6H,5,13H2,1H3,(H4,14,15,17). The summed E-state index contributed by atoms with van der Waals surface area (Å²) >= 11 is 0. The van der Waals surface area contributed by atoms with Gasteiger partial charge in [0.15, 0.2) is 0 Å². The van der Waals surface area contributed by atoms with E-state index in [0.717, 1.165) is 17.0 Å². The van der Waals surface area contributed by atoms with Gasteiger partial charge in [0.1, 0.15) is 11.6 Å². The molecule has 2 rings (SSSR count). The average Bonchev–Trinajstić information content (AvgIpc) is 2.26. The summed E-state index contributed by atoms with van der Waals surface area (Å²) in [6, 6.07) is 7.60. The Morgan fingerprint density at radius 2 is 1.82 bits per heavy atom. The first-order valence-electron chi connectivity index (χ1n) is 5.29. The van der Waals surface area contributed by atoms with Gasteiger partial charge in [-0.15, -0.1) is 0 Å². The molecule has 0 aliphatic rings. The SMILES string of the molecule is Cc1cccc(Cc2cc(N)c(N)nc2N)n1. The molecule has 17 heavy (non-hydrogen) atoms. The van der Waals surface area contributed by atoms with Gasteiger partial charge >= 0.3 is 0 Å². The van der Waals surface area contributed by atoms with E-state index in [4.69, 9.17) is 17.2 Å². The second-order valence-electron chi connectivity index (χ2n) is 3.95. The van der Waals surface area contributed by atoms with Gasteiger partial charge in [0.25, 0.3) is 0 Å². The highest BCUT2D eigenvalue weighted by Crippen LogP contribution is 2.21.